The fraction of sp³-hybridized carbons (Fsp3) is 0.650. The van der Waals surface area contributed by atoms with Crippen molar-refractivity contribution in [2.24, 2.45) is 4.99 Å². The number of aliphatic imine (C=N–C) groups is 1. The molecule has 0 amide bonds. The molecule has 0 bridgehead atoms. The van der Waals surface area contributed by atoms with Gasteiger partial charge in [0.2, 0.25) is 0 Å². The van der Waals surface area contributed by atoms with E-state index in [2.05, 4.69) is 24.2 Å². The van der Waals surface area contributed by atoms with Crippen molar-refractivity contribution in [1.29, 1.82) is 0 Å². The molecule has 166 valence electrons. The molecule has 0 aromatic heterocycles. The van der Waals surface area contributed by atoms with Gasteiger partial charge in [-0.2, -0.15) is 13.2 Å². The molecule has 9 heteroatoms. The van der Waals surface area contributed by atoms with Gasteiger partial charge >= 0.3 is 6.18 Å². The molecule has 0 radical (unpaired) electrons. The molecule has 1 N–H and O–H groups in total. The number of hydrogen-bond acceptors (Lipinski definition) is 3. The van der Waals surface area contributed by atoms with Gasteiger partial charge in [0.05, 0.1) is 7.11 Å². The molecule has 2 rings (SSSR count). The summed E-state index contributed by atoms with van der Waals surface area (Å²) in [4.78, 5) is 7.82. The zero-order chi connectivity index (χ0) is 20.9. The quantitative estimate of drug-likeness (QED) is 0.360. The van der Waals surface area contributed by atoms with Crippen LogP contribution in [0, 0.1) is 0 Å². The van der Waals surface area contributed by atoms with Gasteiger partial charge in [-0.1, -0.05) is 26.0 Å². The van der Waals surface area contributed by atoms with Crippen molar-refractivity contribution in [2.75, 3.05) is 46.9 Å². The highest BCUT2D eigenvalue weighted by molar-refractivity contribution is 14.0. The number of hydrogen-bond donors (Lipinski definition) is 1. The van der Waals surface area contributed by atoms with E-state index < -0.39 is 12.2 Å². The second-order valence-electron chi connectivity index (χ2n) is 7.75. The van der Waals surface area contributed by atoms with Crippen LogP contribution in [0.25, 0.3) is 0 Å². The Bertz CT molecular complexity index is 657. The van der Waals surface area contributed by atoms with Crippen LogP contribution in [0.1, 0.15) is 26.3 Å². The first kappa shape index (κ1) is 25.8. The highest BCUT2D eigenvalue weighted by Crippen LogP contribution is 2.26. The minimum atomic E-state index is -4.19. The maximum absolute atomic E-state index is 12.9. The number of halogens is 4. The topological polar surface area (TPSA) is 40.1 Å². The van der Waals surface area contributed by atoms with Crippen LogP contribution in [-0.2, 0) is 5.41 Å². The summed E-state index contributed by atoms with van der Waals surface area (Å²) in [7, 11) is 3.34. The maximum Gasteiger partial charge on any atom is 0.403 e. The Morgan fingerprint density at radius 2 is 1.69 bits per heavy atom. The summed E-state index contributed by atoms with van der Waals surface area (Å²) in [6.07, 6.45) is -4.19. The van der Waals surface area contributed by atoms with Gasteiger partial charge in [-0.05, 0) is 24.6 Å². The van der Waals surface area contributed by atoms with E-state index in [-0.39, 0.29) is 29.4 Å². The van der Waals surface area contributed by atoms with Gasteiger partial charge in [0.1, 0.15) is 11.8 Å². The van der Waals surface area contributed by atoms with Crippen molar-refractivity contribution in [3.05, 3.63) is 29.8 Å². The molecule has 1 fully saturated rings. The molecule has 1 unspecified atom stereocenters. The van der Waals surface area contributed by atoms with Gasteiger partial charge < -0.3 is 15.0 Å². The van der Waals surface area contributed by atoms with Crippen molar-refractivity contribution in [3.8, 4) is 5.75 Å². The van der Waals surface area contributed by atoms with Gasteiger partial charge in [-0.15, -0.1) is 24.0 Å². The van der Waals surface area contributed by atoms with Gasteiger partial charge in [0.25, 0.3) is 0 Å². The average Bonchev–Trinajstić information content (AvgIpc) is 2.67. The first-order valence-corrected chi connectivity index (χ1v) is 9.49. The number of methoxy groups -OCH3 is 1. The molecule has 29 heavy (non-hydrogen) atoms. The van der Waals surface area contributed by atoms with Crippen molar-refractivity contribution >= 4 is 29.9 Å². The SMILES string of the molecule is CN=C(NCC(C)(C)c1ccc(OC)cc1)N1CCN(C(C)C(F)(F)F)CC1.I. The number of nitrogens with one attached hydrogen (secondary N) is 1. The molecule has 1 saturated heterocycles. The lowest BCUT2D eigenvalue weighted by Crippen LogP contribution is -2.57. The molecule has 0 saturated carbocycles. The van der Waals surface area contributed by atoms with Crippen LogP contribution in [0.4, 0.5) is 13.2 Å². The van der Waals surface area contributed by atoms with E-state index in [1.807, 2.05) is 29.2 Å². The number of nitrogens with zero attached hydrogens (tertiary/aromatic N) is 3. The lowest BCUT2D eigenvalue weighted by Gasteiger charge is -2.40. The molecular formula is C20H32F3IN4O. The second-order valence-corrected chi connectivity index (χ2v) is 7.75. The predicted molar refractivity (Wildman–Crippen MR) is 121 cm³/mol. The van der Waals surface area contributed by atoms with Crippen LogP contribution in [0.3, 0.4) is 0 Å². The normalized spacial score (nSPS) is 17.5. The summed E-state index contributed by atoms with van der Waals surface area (Å²) in [6, 6.07) is 6.54. The van der Waals surface area contributed by atoms with E-state index in [0.29, 0.717) is 32.7 Å². The van der Waals surface area contributed by atoms with Crippen LogP contribution in [0.15, 0.2) is 29.3 Å². The van der Waals surface area contributed by atoms with E-state index in [9.17, 15) is 13.2 Å². The Morgan fingerprint density at radius 3 is 2.14 bits per heavy atom. The largest absolute Gasteiger partial charge is 0.497 e. The fourth-order valence-electron chi connectivity index (χ4n) is 3.30. The van der Waals surface area contributed by atoms with Gasteiger partial charge in [0, 0.05) is 45.2 Å². The average molecular weight is 528 g/mol. The third-order valence-electron chi connectivity index (χ3n) is 5.41. The van der Waals surface area contributed by atoms with E-state index in [0.717, 1.165) is 11.7 Å². The molecule has 1 atom stereocenters. The fourth-order valence-corrected chi connectivity index (χ4v) is 3.30. The Morgan fingerprint density at radius 1 is 1.14 bits per heavy atom. The summed E-state index contributed by atoms with van der Waals surface area (Å²) in [5.41, 5.74) is 1.02. The molecule has 0 spiro atoms. The third kappa shape index (κ3) is 6.91. The number of ether oxygens (including phenoxy) is 1. The van der Waals surface area contributed by atoms with E-state index in [4.69, 9.17) is 4.74 Å². The summed E-state index contributed by atoms with van der Waals surface area (Å²) >= 11 is 0. The molecule has 1 aromatic rings. The monoisotopic (exact) mass is 528 g/mol. The standard InChI is InChI=1S/C20H31F3N4O.HI/c1-15(20(21,22)23)26-10-12-27(13-11-26)18(24-4)25-14-19(2,3)16-6-8-17(28-5)9-7-16;/h6-9,15H,10-14H2,1-5H3,(H,24,25);1H. The molecule has 1 heterocycles. The number of rotatable bonds is 5. The van der Waals surface area contributed by atoms with Gasteiger partial charge in [0.15, 0.2) is 5.96 Å². The van der Waals surface area contributed by atoms with Crippen molar-refractivity contribution < 1.29 is 17.9 Å². The number of piperazine rings is 1. The minimum Gasteiger partial charge on any atom is -0.497 e. The van der Waals surface area contributed by atoms with Gasteiger partial charge in [-0.3, -0.25) is 9.89 Å². The Kier molecular flexibility index (Phi) is 9.52. The molecule has 1 aromatic carbocycles. The van der Waals surface area contributed by atoms with Crippen molar-refractivity contribution in [3.63, 3.8) is 0 Å². The predicted octanol–water partition coefficient (Wildman–Crippen LogP) is 3.73. The van der Waals surface area contributed by atoms with Crippen molar-refractivity contribution in [2.45, 2.75) is 38.4 Å². The van der Waals surface area contributed by atoms with Crippen molar-refractivity contribution in [1.82, 2.24) is 15.1 Å². The Balaban J connectivity index is 0.00000420. The first-order chi connectivity index (χ1) is 13.1. The van der Waals surface area contributed by atoms with Crippen LogP contribution in [0.2, 0.25) is 0 Å². The summed E-state index contributed by atoms with van der Waals surface area (Å²) < 4.78 is 44.0. The number of alkyl halides is 3. The number of guanidine groups is 1. The third-order valence-corrected chi connectivity index (χ3v) is 5.41. The van der Waals surface area contributed by atoms with E-state index in [1.165, 1.54) is 17.4 Å². The summed E-state index contributed by atoms with van der Waals surface area (Å²) in [5, 5.41) is 3.38. The maximum atomic E-state index is 12.9. The van der Waals surface area contributed by atoms with Crippen LogP contribution < -0.4 is 10.1 Å². The zero-order valence-electron chi connectivity index (χ0n) is 17.7. The Labute approximate surface area is 188 Å². The molecule has 5 nitrogen and oxygen atoms in total. The lowest BCUT2D eigenvalue weighted by molar-refractivity contribution is -0.181. The minimum absolute atomic E-state index is 0. The Hall–Kier alpha value is -1.23. The summed E-state index contributed by atoms with van der Waals surface area (Å²) in [6.45, 7) is 7.92. The zero-order valence-corrected chi connectivity index (χ0v) is 20.0. The smallest absolute Gasteiger partial charge is 0.403 e. The molecule has 0 aliphatic carbocycles. The highest BCUT2D eigenvalue weighted by Gasteiger charge is 2.41. The van der Waals surface area contributed by atoms with E-state index >= 15 is 0 Å². The number of benzene rings is 1. The van der Waals surface area contributed by atoms with E-state index in [1.54, 1.807) is 14.2 Å². The summed E-state index contributed by atoms with van der Waals surface area (Å²) in [5.74, 6) is 1.54. The molecule has 1 aliphatic rings. The lowest BCUT2D eigenvalue weighted by atomic mass is 9.84. The second kappa shape index (κ2) is 10.7. The molecular weight excluding hydrogens is 496 g/mol. The molecule has 1 aliphatic heterocycles. The van der Waals surface area contributed by atoms with Crippen LogP contribution in [0.5, 0.6) is 5.75 Å². The van der Waals surface area contributed by atoms with Gasteiger partial charge in [-0.25, -0.2) is 0 Å². The highest BCUT2D eigenvalue weighted by atomic mass is 127. The first-order valence-electron chi connectivity index (χ1n) is 9.49. The van der Waals surface area contributed by atoms with Crippen LogP contribution >= 0.6 is 24.0 Å². The van der Waals surface area contributed by atoms with Crippen LogP contribution in [-0.4, -0.2) is 74.9 Å².